The van der Waals surface area contributed by atoms with Crippen molar-refractivity contribution in [3.05, 3.63) is 18.2 Å². The highest BCUT2D eigenvalue weighted by Crippen LogP contribution is 2.30. The molecular weight excluding hydrogens is 228 g/mol. The lowest BCUT2D eigenvalue weighted by atomic mass is 10.1. The van der Waals surface area contributed by atoms with E-state index in [1.807, 2.05) is 25.1 Å². The quantitative estimate of drug-likeness (QED) is 0.833. The van der Waals surface area contributed by atoms with Crippen LogP contribution in [0.4, 0.5) is 11.4 Å². The number of nitrogens with two attached hydrogens (primary N) is 1. The van der Waals surface area contributed by atoms with E-state index in [0.717, 1.165) is 24.5 Å². The first kappa shape index (κ1) is 13.0. The molecule has 0 radical (unpaired) electrons. The first-order valence-corrected chi connectivity index (χ1v) is 6.50. The molecule has 0 amide bonds. The summed E-state index contributed by atoms with van der Waals surface area (Å²) in [5, 5.41) is 0. The fourth-order valence-electron chi connectivity index (χ4n) is 2.44. The van der Waals surface area contributed by atoms with Crippen molar-refractivity contribution < 1.29 is 9.47 Å². The van der Waals surface area contributed by atoms with Crippen molar-refractivity contribution in [2.24, 2.45) is 0 Å². The predicted molar refractivity (Wildman–Crippen MR) is 74.2 cm³/mol. The first-order valence-electron chi connectivity index (χ1n) is 6.50. The predicted octanol–water partition coefficient (Wildman–Crippen LogP) is 2.28. The number of hydrogen-bond donors (Lipinski definition) is 1. The molecule has 4 nitrogen and oxygen atoms in total. The van der Waals surface area contributed by atoms with E-state index in [-0.39, 0.29) is 6.10 Å². The van der Waals surface area contributed by atoms with E-state index in [0.29, 0.717) is 18.3 Å². The normalized spacial score (nSPS) is 23.1. The maximum absolute atomic E-state index is 5.89. The highest BCUT2D eigenvalue weighted by molar-refractivity contribution is 5.62. The van der Waals surface area contributed by atoms with Crippen LogP contribution in [0.1, 0.15) is 20.3 Å². The van der Waals surface area contributed by atoms with E-state index in [9.17, 15) is 0 Å². The third-order valence-electron chi connectivity index (χ3n) is 3.54. The lowest BCUT2D eigenvalue weighted by molar-refractivity contribution is 0.118. The second-order valence-electron chi connectivity index (χ2n) is 4.70. The maximum Gasteiger partial charge on any atom is 0.144 e. The van der Waals surface area contributed by atoms with Gasteiger partial charge in [-0.3, -0.25) is 0 Å². The number of anilines is 2. The Labute approximate surface area is 109 Å². The molecule has 2 unspecified atom stereocenters. The third-order valence-corrected chi connectivity index (χ3v) is 3.54. The topological polar surface area (TPSA) is 47.7 Å². The summed E-state index contributed by atoms with van der Waals surface area (Å²) in [5.41, 5.74) is 7.69. The number of likely N-dealkylation sites (N-methyl/N-ethyl adjacent to an activating group) is 1. The molecule has 0 spiro atoms. The summed E-state index contributed by atoms with van der Waals surface area (Å²) >= 11 is 0. The van der Waals surface area contributed by atoms with E-state index < -0.39 is 0 Å². The largest absolute Gasteiger partial charge is 0.492 e. The molecule has 1 saturated heterocycles. The van der Waals surface area contributed by atoms with Gasteiger partial charge < -0.3 is 20.1 Å². The fraction of sp³-hybridized carbons (Fsp3) is 0.571. The zero-order valence-electron chi connectivity index (χ0n) is 11.3. The zero-order valence-corrected chi connectivity index (χ0v) is 11.3. The first-order chi connectivity index (χ1) is 8.63. The summed E-state index contributed by atoms with van der Waals surface area (Å²) < 4.78 is 11.1. The minimum absolute atomic E-state index is 0.267. The monoisotopic (exact) mass is 250 g/mol. The van der Waals surface area contributed by atoms with Gasteiger partial charge in [0.2, 0.25) is 0 Å². The molecule has 100 valence electrons. The van der Waals surface area contributed by atoms with Crippen LogP contribution in [0, 0.1) is 0 Å². The molecule has 0 aromatic heterocycles. The smallest absolute Gasteiger partial charge is 0.144 e. The van der Waals surface area contributed by atoms with E-state index in [4.69, 9.17) is 15.2 Å². The number of nitrogen functional groups attached to an aromatic ring is 1. The molecule has 1 heterocycles. The SMILES string of the molecule is CCOc1cc(N(C)C2CCOC2C)ccc1N. The number of ether oxygens (including phenoxy) is 2. The van der Waals surface area contributed by atoms with Crippen LogP contribution in [0.5, 0.6) is 5.75 Å². The van der Waals surface area contributed by atoms with Crippen LogP contribution in [0.3, 0.4) is 0 Å². The number of rotatable bonds is 4. The summed E-state index contributed by atoms with van der Waals surface area (Å²) in [4.78, 5) is 2.25. The fourth-order valence-corrected chi connectivity index (χ4v) is 2.44. The van der Waals surface area contributed by atoms with Crippen molar-refractivity contribution in [3.8, 4) is 5.75 Å². The molecule has 2 atom stereocenters. The summed E-state index contributed by atoms with van der Waals surface area (Å²) in [7, 11) is 2.09. The second-order valence-corrected chi connectivity index (χ2v) is 4.70. The Hall–Kier alpha value is -1.42. The third kappa shape index (κ3) is 2.53. The highest BCUT2D eigenvalue weighted by Gasteiger charge is 2.28. The van der Waals surface area contributed by atoms with Gasteiger partial charge >= 0.3 is 0 Å². The van der Waals surface area contributed by atoms with Gasteiger partial charge in [-0.2, -0.15) is 0 Å². The van der Waals surface area contributed by atoms with Crippen LogP contribution < -0.4 is 15.4 Å². The maximum atomic E-state index is 5.89. The minimum Gasteiger partial charge on any atom is -0.492 e. The van der Waals surface area contributed by atoms with Crippen LogP contribution in [0.15, 0.2) is 18.2 Å². The average Bonchev–Trinajstić information content (AvgIpc) is 2.78. The summed E-state index contributed by atoms with van der Waals surface area (Å²) in [6.07, 6.45) is 1.33. The van der Waals surface area contributed by atoms with Gasteiger partial charge in [0, 0.05) is 25.4 Å². The Bertz CT molecular complexity index is 409. The Morgan fingerprint density at radius 2 is 2.28 bits per heavy atom. The summed E-state index contributed by atoms with van der Waals surface area (Å²) in [5.74, 6) is 0.758. The van der Waals surface area contributed by atoms with E-state index >= 15 is 0 Å². The number of nitrogens with zero attached hydrogens (tertiary/aromatic N) is 1. The Kier molecular flexibility index (Phi) is 3.97. The van der Waals surface area contributed by atoms with Gasteiger partial charge in [0.1, 0.15) is 5.75 Å². The lowest BCUT2D eigenvalue weighted by Gasteiger charge is -2.29. The molecule has 18 heavy (non-hydrogen) atoms. The standard InChI is InChI=1S/C14H22N2O2/c1-4-17-14-9-11(5-6-12(14)15)16(3)13-7-8-18-10(13)2/h5-6,9-10,13H,4,7-8,15H2,1-3H3. The molecule has 0 saturated carbocycles. The molecule has 2 rings (SSSR count). The van der Waals surface area contributed by atoms with Gasteiger partial charge in [0.05, 0.1) is 24.4 Å². The van der Waals surface area contributed by atoms with Crippen molar-refractivity contribution >= 4 is 11.4 Å². The molecule has 1 fully saturated rings. The van der Waals surface area contributed by atoms with Crippen molar-refractivity contribution in [2.75, 3.05) is 30.9 Å². The Balaban J connectivity index is 2.19. The average molecular weight is 250 g/mol. The lowest BCUT2D eigenvalue weighted by Crippen LogP contribution is -2.36. The van der Waals surface area contributed by atoms with Gasteiger partial charge in [0.15, 0.2) is 0 Å². The molecule has 0 aliphatic carbocycles. The number of hydrogen-bond acceptors (Lipinski definition) is 4. The molecular formula is C14H22N2O2. The van der Waals surface area contributed by atoms with Crippen molar-refractivity contribution in [2.45, 2.75) is 32.4 Å². The molecule has 4 heteroatoms. The van der Waals surface area contributed by atoms with Crippen LogP contribution in [0.2, 0.25) is 0 Å². The Morgan fingerprint density at radius 1 is 1.50 bits per heavy atom. The Morgan fingerprint density at radius 3 is 2.89 bits per heavy atom. The highest BCUT2D eigenvalue weighted by atomic mass is 16.5. The van der Waals surface area contributed by atoms with Crippen molar-refractivity contribution in [1.82, 2.24) is 0 Å². The molecule has 1 aliphatic heterocycles. The van der Waals surface area contributed by atoms with E-state index in [1.54, 1.807) is 0 Å². The molecule has 2 N–H and O–H groups in total. The van der Waals surface area contributed by atoms with Gasteiger partial charge in [0.25, 0.3) is 0 Å². The summed E-state index contributed by atoms with van der Waals surface area (Å²) in [6, 6.07) is 6.35. The molecule has 1 aromatic rings. The molecule has 1 aliphatic rings. The van der Waals surface area contributed by atoms with Crippen LogP contribution >= 0.6 is 0 Å². The van der Waals surface area contributed by atoms with Crippen LogP contribution in [-0.2, 0) is 4.74 Å². The minimum atomic E-state index is 0.267. The van der Waals surface area contributed by atoms with E-state index in [1.165, 1.54) is 0 Å². The van der Waals surface area contributed by atoms with E-state index in [2.05, 4.69) is 18.9 Å². The summed E-state index contributed by atoms with van der Waals surface area (Å²) in [6.45, 7) is 5.54. The number of benzene rings is 1. The van der Waals surface area contributed by atoms with Crippen molar-refractivity contribution in [3.63, 3.8) is 0 Å². The van der Waals surface area contributed by atoms with Crippen LogP contribution in [-0.4, -0.2) is 32.4 Å². The van der Waals surface area contributed by atoms with Crippen molar-refractivity contribution in [1.29, 1.82) is 0 Å². The van der Waals surface area contributed by atoms with Gasteiger partial charge in [-0.05, 0) is 32.4 Å². The van der Waals surface area contributed by atoms with Gasteiger partial charge in [-0.25, -0.2) is 0 Å². The second kappa shape index (κ2) is 5.48. The van der Waals surface area contributed by atoms with Gasteiger partial charge in [-0.15, -0.1) is 0 Å². The molecule has 1 aromatic carbocycles. The molecule has 0 bridgehead atoms. The zero-order chi connectivity index (χ0) is 13.1. The van der Waals surface area contributed by atoms with Gasteiger partial charge in [-0.1, -0.05) is 0 Å². The van der Waals surface area contributed by atoms with Crippen LogP contribution in [0.25, 0.3) is 0 Å².